The average Bonchev–Trinajstić information content (AvgIpc) is 3.04. The summed E-state index contributed by atoms with van der Waals surface area (Å²) in [5, 5.41) is 4.90. The van der Waals surface area contributed by atoms with Gasteiger partial charge in [0, 0.05) is 34.4 Å². The van der Waals surface area contributed by atoms with Crippen LogP contribution in [0.1, 0.15) is 28.2 Å². The molecular weight excluding hydrogens is 524 g/mol. The van der Waals surface area contributed by atoms with E-state index in [9.17, 15) is 0 Å². The predicted octanol–water partition coefficient (Wildman–Crippen LogP) is 9.78. The summed E-state index contributed by atoms with van der Waals surface area (Å²) in [7, 11) is 0. The third-order valence-electron chi connectivity index (χ3n) is 8.65. The Bertz CT molecular complexity index is 2080. The zero-order chi connectivity index (χ0) is 29.7. The first-order chi connectivity index (χ1) is 20.9. The molecule has 0 fully saturated rings. The first kappa shape index (κ1) is 26.7. The summed E-state index contributed by atoms with van der Waals surface area (Å²) in [6, 6.07) is 34.8. The summed E-state index contributed by atoms with van der Waals surface area (Å²) in [6.07, 6.45) is 1.90. The quantitative estimate of drug-likeness (QED) is 0.203. The summed E-state index contributed by atoms with van der Waals surface area (Å²) < 4.78 is 0. The third-order valence-corrected chi connectivity index (χ3v) is 8.65. The molecule has 0 bridgehead atoms. The molecule has 0 aliphatic carbocycles. The van der Waals surface area contributed by atoms with Crippen LogP contribution in [-0.2, 0) is 0 Å². The van der Waals surface area contributed by atoms with E-state index >= 15 is 0 Å². The van der Waals surface area contributed by atoms with Crippen molar-refractivity contribution in [3.63, 3.8) is 0 Å². The highest BCUT2D eigenvalue weighted by molar-refractivity contribution is 6.21. The van der Waals surface area contributed by atoms with E-state index in [1.165, 1.54) is 43.8 Å². The molecule has 0 radical (unpaired) electrons. The molecule has 43 heavy (non-hydrogen) atoms. The van der Waals surface area contributed by atoms with Crippen LogP contribution in [-0.4, -0.2) is 19.9 Å². The van der Waals surface area contributed by atoms with Crippen LogP contribution in [0.25, 0.3) is 66.6 Å². The van der Waals surface area contributed by atoms with E-state index in [-0.39, 0.29) is 0 Å². The van der Waals surface area contributed by atoms with Crippen molar-refractivity contribution in [3.05, 3.63) is 131 Å². The summed E-state index contributed by atoms with van der Waals surface area (Å²) in [6.45, 7) is 10.2. The number of benzene rings is 5. The van der Waals surface area contributed by atoms with Crippen LogP contribution in [0.5, 0.6) is 0 Å². The Morgan fingerprint density at radius 3 is 1.19 bits per heavy atom. The van der Waals surface area contributed by atoms with Crippen molar-refractivity contribution in [3.8, 4) is 45.0 Å². The Morgan fingerprint density at radius 1 is 0.395 bits per heavy atom. The number of hydrogen-bond acceptors (Lipinski definition) is 4. The molecule has 7 aromatic rings. The van der Waals surface area contributed by atoms with Crippen molar-refractivity contribution in [2.45, 2.75) is 34.6 Å². The molecule has 0 aliphatic rings. The smallest absolute Gasteiger partial charge is 0.159 e. The second kappa shape index (κ2) is 10.6. The predicted molar refractivity (Wildman–Crippen MR) is 178 cm³/mol. The Kier molecular flexibility index (Phi) is 6.55. The van der Waals surface area contributed by atoms with Crippen molar-refractivity contribution in [1.82, 2.24) is 19.9 Å². The van der Waals surface area contributed by atoms with Crippen molar-refractivity contribution < 1.29 is 0 Å². The van der Waals surface area contributed by atoms with Crippen LogP contribution in [0.2, 0.25) is 0 Å². The molecule has 0 N–H and O–H groups in total. The maximum atomic E-state index is 4.77. The van der Waals surface area contributed by atoms with Gasteiger partial charge in [-0.1, -0.05) is 97.1 Å². The molecule has 0 saturated heterocycles. The van der Waals surface area contributed by atoms with Crippen molar-refractivity contribution in [2.75, 3.05) is 0 Å². The minimum absolute atomic E-state index is 0.754. The molecular formula is C39H32N4. The van der Waals surface area contributed by atoms with E-state index in [4.69, 9.17) is 15.0 Å². The maximum absolute atomic E-state index is 4.77. The molecule has 7 rings (SSSR count). The van der Waals surface area contributed by atoms with E-state index in [1.807, 2.05) is 33.9 Å². The number of fused-ring (bicyclic) bond motifs is 2. The van der Waals surface area contributed by atoms with Crippen LogP contribution in [0.3, 0.4) is 0 Å². The van der Waals surface area contributed by atoms with Gasteiger partial charge in [0.2, 0.25) is 0 Å². The van der Waals surface area contributed by atoms with Gasteiger partial charge in [0.05, 0.1) is 0 Å². The second-order valence-electron chi connectivity index (χ2n) is 11.3. The lowest BCUT2D eigenvalue weighted by molar-refractivity contribution is 1.02. The van der Waals surface area contributed by atoms with Gasteiger partial charge in [0.1, 0.15) is 0 Å². The topological polar surface area (TPSA) is 51.6 Å². The molecule has 0 amide bonds. The molecule has 0 atom stereocenters. The number of hydrogen-bond donors (Lipinski definition) is 0. The van der Waals surface area contributed by atoms with Crippen LogP contribution in [0.4, 0.5) is 0 Å². The highest BCUT2D eigenvalue weighted by atomic mass is 14.9. The summed E-state index contributed by atoms with van der Waals surface area (Å²) in [4.78, 5) is 18.8. The lowest BCUT2D eigenvalue weighted by atomic mass is 9.85. The van der Waals surface area contributed by atoms with Gasteiger partial charge in [-0.3, -0.25) is 0 Å². The second-order valence-corrected chi connectivity index (χ2v) is 11.3. The summed E-state index contributed by atoms with van der Waals surface area (Å²) >= 11 is 0. The minimum atomic E-state index is 0.754. The van der Waals surface area contributed by atoms with Crippen molar-refractivity contribution in [2.24, 2.45) is 0 Å². The molecule has 0 unspecified atom stereocenters. The highest BCUT2D eigenvalue weighted by Gasteiger charge is 2.17. The number of aromatic nitrogens is 4. The molecule has 5 aromatic carbocycles. The van der Waals surface area contributed by atoms with Crippen molar-refractivity contribution in [1.29, 1.82) is 0 Å². The Morgan fingerprint density at radius 2 is 0.767 bits per heavy atom. The molecule has 0 spiro atoms. The molecule has 208 valence electrons. The van der Waals surface area contributed by atoms with E-state index in [0.29, 0.717) is 0 Å². The van der Waals surface area contributed by atoms with Gasteiger partial charge in [-0.05, 0) is 89.5 Å². The van der Waals surface area contributed by atoms with Gasteiger partial charge in [-0.2, -0.15) is 0 Å². The van der Waals surface area contributed by atoms with Crippen LogP contribution < -0.4 is 0 Å². The van der Waals surface area contributed by atoms with Crippen LogP contribution >= 0.6 is 0 Å². The van der Waals surface area contributed by atoms with Crippen molar-refractivity contribution >= 4 is 21.5 Å². The Hall–Kier alpha value is -5.22. The first-order valence-electron chi connectivity index (χ1n) is 14.7. The average molecular weight is 557 g/mol. The number of nitrogens with zero attached hydrogens (tertiary/aromatic N) is 4. The van der Waals surface area contributed by atoms with Gasteiger partial charge < -0.3 is 0 Å². The summed E-state index contributed by atoms with van der Waals surface area (Å²) in [5.74, 6) is 1.52. The van der Waals surface area contributed by atoms with Gasteiger partial charge in [-0.25, -0.2) is 19.9 Å². The molecule has 4 nitrogen and oxygen atoms in total. The van der Waals surface area contributed by atoms with E-state index in [2.05, 4.69) is 109 Å². The van der Waals surface area contributed by atoms with E-state index < -0.39 is 0 Å². The Labute approximate surface area is 252 Å². The zero-order valence-corrected chi connectivity index (χ0v) is 25.1. The van der Waals surface area contributed by atoms with E-state index in [1.54, 1.807) is 0 Å². The van der Waals surface area contributed by atoms with Gasteiger partial charge >= 0.3 is 0 Å². The monoisotopic (exact) mass is 556 g/mol. The highest BCUT2D eigenvalue weighted by Crippen LogP contribution is 2.44. The SMILES string of the molecule is Cc1cnc(-c2ccc(-c3c4ccccc4c(-c4ccc(-c5nc(C)c(C)c(C)n5)cc4)c4ccccc34)cc2)nc1C. The third kappa shape index (κ3) is 4.65. The molecule has 0 saturated carbocycles. The zero-order valence-electron chi connectivity index (χ0n) is 25.1. The molecule has 4 heteroatoms. The first-order valence-corrected chi connectivity index (χ1v) is 14.7. The fourth-order valence-electron chi connectivity index (χ4n) is 5.89. The lowest BCUT2D eigenvalue weighted by Crippen LogP contribution is -1.99. The fourth-order valence-corrected chi connectivity index (χ4v) is 5.89. The maximum Gasteiger partial charge on any atom is 0.159 e. The Balaban J connectivity index is 1.38. The largest absolute Gasteiger partial charge is 0.236 e. The van der Waals surface area contributed by atoms with Crippen LogP contribution in [0, 0.1) is 34.6 Å². The number of aryl methyl sites for hydroxylation is 4. The van der Waals surface area contributed by atoms with Gasteiger partial charge in [0.15, 0.2) is 11.6 Å². The minimum Gasteiger partial charge on any atom is -0.236 e. The molecule has 2 heterocycles. The lowest BCUT2D eigenvalue weighted by Gasteiger charge is -2.18. The van der Waals surface area contributed by atoms with Crippen LogP contribution in [0.15, 0.2) is 103 Å². The molecule has 0 aliphatic heterocycles. The number of rotatable bonds is 4. The molecule has 2 aromatic heterocycles. The van der Waals surface area contributed by atoms with Gasteiger partial charge in [0.25, 0.3) is 0 Å². The van der Waals surface area contributed by atoms with Gasteiger partial charge in [-0.15, -0.1) is 0 Å². The normalized spacial score (nSPS) is 11.4. The standard InChI is InChI=1S/C39H32N4/c1-23-22-40-38(41-25(23)3)30-18-14-28(15-19-30)36-32-10-6-8-12-34(32)37(35-13-9-7-11-33(35)36)29-16-20-31(21-17-29)39-42-26(4)24(2)27(5)43-39/h6-22H,1-5H3. The fraction of sp³-hybridized carbons (Fsp3) is 0.128. The van der Waals surface area contributed by atoms with E-state index in [0.717, 1.165) is 51.0 Å². The summed E-state index contributed by atoms with van der Waals surface area (Å²) in [5.41, 5.74) is 12.1.